The summed E-state index contributed by atoms with van der Waals surface area (Å²) in [7, 11) is 0. The Kier molecular flexibility index (Phi) is 3.21. The molecule has 4 nitrogen and oxygen atoms in total. The molecular weight excluding hydrogens is 263 g/mol. The van der Waals surface area contributed by atoms with Crippen LogP contribution in [0, 0.1) is 0 Å². The van der Waals surface area contributed by atoms with Gasteiger partial charge in [0, 0.05) is 0 Å². The SMILES string of the molecule is O=C(O)c1cccc2c1CC[C@H]2NC(=O)C(F)(F)F. The highest BCUT2D eigenvalue weighted by Gasteiger charge is 2.41. The zero-order valence-corrected chi connectivity index (χ0v) is 9.62. The summed E-state index contributed by atoms with van der Waals surface area (Å²) in [5.74, 6) is -3.13. The molecule has 0 spiro atoms. The Hall–Kier alpha value is -2.05. The lowest BCUT2D eigenvalue weighted by molar-refractivity contribution is -0.174. The maximum Gasteiger partial charge on any atom is 0.471 e. The number of rotatable bonds is 2. The average molecular weight is 273 g/mol. The minimum Gasteiger partial charge on any atom is -0.478 e. The number of halogens is 3. The van der Waals surface area contributed by atoms with Gasteiger partial charge in [0.1, 0.15) is 0 Å². The molecule has 1 aliphatic carbocycles. The molecule has 0 bridgehead atoms. The van der Waals surface area contributed by atoms with E-state index in [9.17, 15) is 22.8 Å². The normalized spacial score (nSPS) is 17.9. The van der Waals surface area contributed by atoms with Crippen molar-refractivity contribution in [2.75, 3.05) is 0 Å². The summed E-state index contributed by atoms with van der Waals surface area (Å²) in [6.45, 7) is 0. The van der Waals surface area contributed by atoms with Crippen molar-refractivity contribution >= 4 is 11.9 Å². The van der Waals surface area contributed by atoms with E-state index in [2.05, 4.69) is 0 Å². The molecule has 1 amide bonds. The van der Waals surface area contributed by atoms with Crippen LogP contribution in [0.5, 0.6) is 0 Å². The van der Waals surface area contributed by atoms with Crippen LogP contribution in [0.4, 0.5) is 13.2 Å². The fraction of sp³-hybridized carbons (Fsp3) is 0.333. The molecular formula is C12H10F3NO3. The molecule has 0 unspecified atom stereocenters. The van der Waals surface area contributed by atoms with Gasteiger partial charge in [0.15, 0.2) is 0 Å². The van der Waals surface area contributed by atoms with Crippen molar-refractivity contribution in [1.29, 1.82) is 0 Å². The van der Waals surface area contributed by atoms with E-state index in [0.29, 0.717) is 17.5 Å². The van der Waals surface area contributed by atoms with Crippen LogP contribution in [0.1, 0.15) is 33.9 Å². The van der Waals surface area contributed by atoms with Crippen molar-refractivity contribution in [3.63, 3.8) is 0 Å². The topological polar surface area (TPSA) is 66.4 Å². The minimum absolute atomic E-state index is 0.0706. The number of fused-ring (bicyclic) bond motifs is 1. The second-order valence-electron chi connectivity index (χ2n) is 4.24. The van der Waals surface area contributed by atoms with E-state index in [1.807, 2.05) is 5.32 Å². The third kappa shape index (κ3) is 2.54. The first-order valence-electron chi connectivity index (χ1n) is 5.53. The van der Waals surface area contributed by atoms with Crippen molar-refractivity contribution in [3.05, 3.63) is 34.9 Å². The molecule has 1 aromatic rings. The Morgan fingerprint density at radius 1 is 1.32 bits per heavy atom. The molecule has 0 fully saturated rings. The van der Waals surface area contributed by atoms with Gasteiger partial charge >= 0.3 is 18.1 Å². The molecule has 7 heteroatoms. The van der Waals surface area contributed by atoms with Crippen molar-refractivity contribution in [1.82, 2.24) is 5.32 Å². The molecule has 0 saturated heterocycles. The number of benzene rings is 1. The van der Waals surface area contributed by atoms with Crippen LogP contribution in [0.3, 0.4) is 0 Å². The predicted molar refractivity (Wildman–Crippen MR) is 58.7 cm³/mol. The van der Waals surface area contributed by atoms with E-state index in [0.717, 1.165) is 0 Å². The quantitative estimate of drug-likeness (QED) is 0.866. The standard InChI is InChI=1S/C12H10F3NO3/c13-12(14,15)11(19)16-9-5-4-6-7(9)2-1-3-8(6)10(17)18/h1-3,9H,4-5H2,(H,16,19)(H,17,18)/t9-/m1/s1. The number of hydrogen-bond donors (Lipinski definition) is 2. The summed E-state index contributed by atoms with van der Waals surface area (Å²) in [5.41, 5.74) is 1.00. The largest absolute Gasteiger partial charge is 0.478 e. The minimum atomic E-state index is -4.94. The lowest BCUT2D eigenvalue weighted by Crippen LogP contribution is -2.38. The van der Waals surface area contributed by atoms with Gasteiger partial charge < -0.3 is 10.4 Å². The maximum atomic E-state index is 12.2. The van der Waals surface area contributed by atoms with Gasteiger partial charge in [-0.2, -0.15) is 13.2 Å². The molecule has 0 aliphatic heterocycles. The zero-order chi connectivity index (χ0) is 14.2. The van der Waals surface area contributed by atoms with Crippen LogP contribution in [-0.2, 0) is 11.2 Å². The Balaban J connectivity index is 2.26. The van der Waals surface area contributed by atoms with E-state index < -0.39 is 24.1 Å². The summed E-state index contributed by atoms with van der Waals surface area (Å²) < 4.78 is 36.5. The first-order valence-corrected chi connectivity index (χ1v) is 5.53. The van der Waals surface area contributed by atoms with Gasteiger partial charge in [0.2, 0.25) is 0 Å². The molecule has 0 aromatic heterocycles. The molecule has 2 N–H and O–H groups in total. The maximum absolute atomic E-state index is 12.2. The van der Waals surface area contributed by atoms with E-state index in [-0.39, 0.29) is 12.0 Å². The number of carbonyl (C=O) groups excluding carboxylic acids is 1. The Morgan fingerprint density at radius 3 is 2.58 bits per heavy atom. The second kappa shape index (κ2) is 4.56. The highest BCUT2D eigenvalue weighted by molar-refractivity contribution is 5.90. The Morgan fingerprint density at radius 2 is 2.00 bits per heavy atom. The van der Waals surface area contributed by atoms with Crippen LogP contribution < -0.4 is 5.32 Å². The van der Waals surface area contributed by atoms with E-state index in [1.54, 1.807) is 0 Å². The number of nitrogens with one attached hydrogen (secondary N) is 1. The first kappa shape index (κ1) is 13.4. The number of carboxylic acid groups (broad SMARTS) is 1. The molecule has 1 aromatic carbocycles. The fourth-order valence-corrected chi connectivity index (χ4v) is 2.24. The van der Waals surface area contributed by atoms with Crippen LogP contribution in [0.15, 0.2) is 18.2 Å². The van der Waals surface area contributed by atoms with Crippen LogP contribution in [0.2, 0.25) is 0 Å². The number of alkyl halides is 3. The first-order chi connectivity index (χ1) is 8.80. The lowest BCUT2D eigenvalue weighted by atomic mass is 10.0. The van der Waals surface area contributed by atoms with Gasteiger partial charge in [0.05, 0.1) is 11.6 Å². The molecule has 1 atom stereocenters. The molecule has 102 valence electrons. The fourth-order valence-electron chi connectivity index (χ4n) is 2.24. The number of carboxylic acids is 1. The predicted octanol–water partition coefficient (Wildman–Crippen LogP) is 2.05. The third-order valence-electron chi connectivity index (χ3n) is 3.06. The summed E-state index contributed by atoms with van der Waals surface area (Å²) in [6, 6.07) is 3.61. The average Bonchev–Trinajstić information content (AvgIpc) is 2.71. The van der Waals surface area contributed by atoms with Crippen molar-refractivity contribution in [3.8, 4) is 0 Å². The molecule has 0 radical (unpaired) electrons. The van der Waals surface area contributed by atoms with Crippen molar-refractivity contribution in [2.45, 2.75) is 25.1 Å². The smallest absolute Gasteiger partial charge is 0.471 e. The van der Waals surface area contributed by atoms with Crippen LogP contribution in [-0.4, -0.2) is 23.2 Å². The number of carbonyl (C=O) groups is 2. The summed E-state index contributed by atoms with van der Waals surface area (Å²) in [5, 5.41) is 10.9. The number of aromatic carboxylic acids is 1. The van der Waals surface area contributed by atoms with Gasteiger partial charge in [-0.1, -0.05) is 12.1 Å². The monoisotopic (exact) mass is 273 g/mol. The summed E-state index contributed by atoms with van der Waals surface area (Å²) in [4.78, 5) is 21.9. The molecule has 0 heterocycles. The van der Waals surface area contributed by atoms with Gasteiger partial charge in [0.25, 0.3) is 0 Å². The zero-order valence-electron chi connectivity index (χ0n) is 9.62. The van der Waals surface area contributed by atoms with E-state index in [4.69, 9.17) is 5.11 Å². The Labute approximate surface area is 106 Å². The van der Waals surface area contributed by atoms with Crippen LogP contribution in [0.25, 0.3) is 0 Å². The van der Waals surface area contributed by atoms with Gasteiger partial charge in [-0.3, -0.25) is 4.79 Å². The molecule has 0 saturated carbocycles. The molecule has 2 rings (SSSR count). The van der Waals surface area contributed by atoms with Crippen molar-refractivity contribution in [2.24, 2.45) is 0 Å². The lowest BCUT2D eigenvalue weighted by Gasteiger charge is -2.15. The van der Waals surface area contributed by atoms with E-state index in [1.165, 1.54) is 18.2 Å². The van der Waals surface area contributed by atoms with Gasteiger partial charge in [-0.15, -0.1) is 0 Å². The van der Waals surface area contributed by atoms with Gasteiger partial charge in [-0.05, 0) is 30.0 Å². The Bertz CT molecular complexity index is 540. The van der Waals surface area contributed by atoms with E-state index >= 15 is 0 Å². The van der Waals surface area contributed by atoms with Crippen LogP contribution >= 0.6 is 0 Å². The summed E-state index contributed by atoms with van der Waals surface area (Å²) in [6.07, 6.45) is -4.34. The van der Waals surface area contributed by atoms with Crippen molar-refractivity contribution < 1.29 is 27.9 Å². The second-order valence-corrected chi connectivity index (χ2v) is 4.24. The highest BCUT2D eigenvalue weighted by atomic mass is 19.4. The molecule has 19 heavy (non-hydrogen) atoms. The highest BCUT2D eigenvalue weighted by Crippen LogP contribution is 2.34. The number of amides is 1. The molecule has 1 aliphatic rings. The third-order valence-corrected chi connectivity index (χ3v) is 3.06. The summed E-state index contributed by atoms with van der Waals surface area (Å²) >= 11 is 0. The van der Waals surface area contributed by atoms with Gasteiger partial charge in [-0.25, -0.2) is 4.79 Å². The number of hydrogen-bond acceptors (Lipinski definition) is 2.